The molecule has 0 spiro atoms. The molecular formula is C11H21NO4. The first-order valence-corrected chi connectivity index (χ1v) is 5.43. The summed E-state index contributed by atoms with van der Waals surface area (Å²) in [5.74, 6) is -0.662. The molecule has 0 bridgehead atoms. The van der Waals surface area contributed by atoms with E-state index in [1.165, 1.54) is 6.92 Å². The second-order valence-corrected chi connectivity index (χ2v) is 4.13. The second-order valence-electron chi connectivity index (χ2n) is 4.13. The molecule has 2 unspecified atom stereocenters. The summed E-state index contributed by atoms with van der Waals surface area (Å²) in [5, 5.41) is 11.4. The first-order chi connectivity index (χ1) is 7.45. The van der Waals surface area contributed by atoms with Gasteiger partial charge in [-0.05, 0) is 18.8 Å². The van der Waals surface area contributed by atoms with Gasteiger partial charge >= 0.3 is 5.97 Å². The van der Waals surface area contributed by atoms with Crippen LogP contribution in [0.25, 0.3) is 0 Å². The molecule has 0 heterocycles. The molecule has 0 fully saturated rings. The third-order valence-corrected chi connectivity index (χ3v) is 2.25. The predicted molar refractivity (Wildman–Crippen MR) is 60.1 cm³/mol. The Labute approximate surface area is 96.2 Å². The molecule has 2 atom stereocenters. The average molecular weight is 231 g/mol. The van der Waals surface area contributed by atoms with E-state index in [1.807, 2.05) is 6.92 Å². The van der Waals surface area contributed by atoms with Crippen molar-refractivity contribution in [1.82, 2.24) is 5.32 Å². The highest BCUT2D eigenvalue weighted by Gasteiger charge is 2.15. The minimum atomic E-state index is -0.838. The number of methoxy groups -OCH3 is 1. The Hall–Kier alpha value is -1.10. The summed E-state index contributed by atoms with van der Waals surface area (Å²) in [6.07, 6.45) is 1.27. The van der Waals surface area contributed by atoms with Gasteiger partial charge in [0.1, 0.15) is 0 Å². The van der Waals surface area contributed by atoms with Gasteiger partial charge in [-0.25, -0.2) is 0 Å². The third-order valence-electron chi connectivity index (χ3n) is 2.25. The van der Waals surface area contributed by atoms with E-state index < -0.39 is 5.97 Å². The van der Waals surface area contributed by atoms with Crippen LogP contribution < -0.4 is 5.32 Å². The van der Waals surface area contributed by atoms with E-state index in [9.17, 15) is 9.59 Å². The van der Waals surface area contributed by atoms with Gasteiger partial charge in [0.15, 0.2) is 0 Å². The van der Waals surface area contributed by atoms with E-state index in [0.29, 0.717) is 18.9 Å². The summed E-state index contributed by atoms with van der Waals surface area (Å²) >= 11 is 0. The van der Waals surface area contributed by atoms with Crippen molar-refractivity contribution in [3.8, 4) is 0 Å². The number of hydrogen-bond donors (Lipinski definition) is 2. The highest BCUT2D eigenvalue weighted by molar-refractivity contribution is 5.73. The minimum absolute atomic E-state index is 0.0741. The topological polar surface area (TPSA) is 75.6 Å². The quantitative estimate of drug-likeness (QED) is 0.654. The lowest BCUT2D eigenvalue weighted by molar-refractivity contribution is -0.137. The number of carbonyl (C=O) groups is 2. The maximum absolute atomic E-state index is 10.9. The number of aliphatic carboxylic acids is 1. The van der Waals surface area contributed by atoms with Gasteiger partial charge < -0.3 is 15.2 Å². The fourth-order valence-electron chi connectivity index (χ4n) is 1.67. The van der Waals surface area contributed by atoms with Crippen LogP contribution in [0.2, 0.25) is 0 Å². The number of rotatable bonds is 8. The highest BCUT2D eigenvalue weighted by atomic mass is 16.5. The minimum Gasteiger partial charge on any atom is -0.481 e. The van der Waals surface area contributed by atoms with Crippen molar-refractivity contribution in [2.45, 2.75) is 39.2 Å². The van der Waals surface area contributed by atoms with Gasteiger partial charge in [-0.2, -0.15) is 0 Å². The predicted octanol–water partition coefficient (Wildman–Crippen LogP) is 1.03. The van der Waals surface area contributed by atoms with Gasteiger partial charge in [-0.1, -0.05) is 6.92 Å². The van der Waals surface area contributed by atoms with Crippen LogP contribution in [-0.2, 0) is 14.3 Å². The van der Waals surface area contributed by atoms with Crippen molar-refractivity contribution < 1.29 is 19.4 Å². The van der Waals surface area contributed by atoms with Crippen LogP contribution in [0, 0.1) is 5.92 Å². The SMILES string of the molecule is COCC(C)CC(CCC(=O)O)NC(C)=O. The zero-order chi connectivity index (χ0) is 12.6. The Morgan fingerprint density at radius 3 is 2.50 bits per heavy atom. The van der Waals surface area contributed by atoms with Gasteiger partial charge in [0.25, 0.3) is 0 Å². The van der Waals surface area contributed by atoms with E-state index in [4.69, 9.17) is 9.84 Å². The van der Waals surface area contributed by atoms with E-state index >= 15 is 0 Å². The van der Waals surface area contributed by atoms with Crippen LogP contribution in [-0.4, -0.2) is 36.7 Å². The summed E-state index contributed by atoms with van der Waals surface area (Å²) in [5.41, 5.74) is 0. The summed E-state index contributed by atoms with van der Waals surface area (Å²) in [7, 11) is 1.63. The zero-order valence-electron chi connectivity index (χ0n) is 10.2. The van der Waals surface area contributed by atoms with Crippen LogP contribution >= 0.6 is 0 Å². The smallest absolute Gasteiger partial charge is 0.303 e. The molecule has 0 saturated carbocycles. The number of ether oxygens (including phenoxy) is 1. The van der Waals surface area contributed by atoms with Crippen LogP contribution in [0.15, 0.2) is 0 Å². The molecule has 0 aromatic carbocycles. The Kier molecular flexibility index (Phi) is 7.54. The molecule has 0 rings (SSSR count). The average Bonchev–Trinajstić information content (AvgIpc) is 2.13. The lowest BCUT2D eigenvalue weighted by Crippen LogP contribution is -2.35. The highest BCUT2D eigenvalue weighted by Crippen LogP contribution is 2.11. The molecule has 1 amide bonds. The molecular weight excluding hydrogens is 210 g/mol. The number of carboxylic acids is 1. The lowest BCUT2D eigenvalue weighted by atomic mass is 9.99. The molecule has 0 radical (unpaired) electrons. The van der Waals surface area contributed by atoms with Crippen molar-refractivity contribution in [2.75, 3.05) is 13.7 Å². The number of nitrogens with one attached hydrogen (secondary N) is 1. The van der Waals surface area contributed by atoms with Crippen molar-refractivity contribution in [2.24, 2.45) is 5.92 Å². The normalized spacial score (nSPS) is 14.2. The van der Waals surface area contributed by atoms with Gasteiger partial charge in [0.2, 0.25) is 5.91 Å². The molecule has 0 aromatic rings. The lowest BCUT2D eigenvalue weighted by Gasteiger charge is -2.20. The van der Waals surface area contributed by atoms with E-state index in [-0.39, 0.29) is 18.4 Å². The first kappa shape index (κ1) is 14.9. The second kappa shape index (κ2) is 8.10. The molecule has 2 N–H and O–H groups in total. The Morgan fingerprint density at radius 1 is 1.44 bits per heavy atom. The number of hydrogen-bond acceptors (Lipinski definition) is 3. The van der Waals surface area contributed by atoms with Crippen molar-refractivity contribution in [3.63, 3.8) is 0 Å². The molecule has 0 saturated heterocycles. The van der Waals surface area contributed by atoms with Crippen LogP contribution in [0.1, 0.15) is 33.1 Å². The maximum atomic E-state index is 10.9. The third kappa shape index (κ3) is 8.23. The summed E-state index contributed by atoms with van der Waals surface area (Å²) < 4.78 is 5.01. The van der Waals surface area contributed by atoms with Crippen molar-refractivity contribution >= 4 is 11.9 Å². The standard InChI is InChI=1S/C11H21NO4/c1-8(7-16-3)6-10(12-9(2)13)4-5-11(14)15/h8,10H,4-7H2,1-3H3,(H,12,13)(H,14,15). The Morgan fingerprint density at radius 2 is 2.06 bits per heavy atom. The number of carboxylic acid groups (broad SMARTS) is 1. The number of amides is 1. The fourth-order valence-corrected chi connectivity index (χ4v) is 1.67. The van der Waals surface area contributed by atoms with E-state index in [0.717, 1.165) is 6.42 Å². The van der Waals surface area contributed by atoms with Crippen LogP contribution in [0.4, 0.5) is 0 Å². The molecule has 0 aromatic heterocycles. The van der Waals surface area contributed by atoms with E-state index in [2.05, 4.69) is 5.32 Å². The van der Waals surface area contributed by atoms with Crippen molar-refractivity contribution in [1.29, 1.82) is 0 Å². The monoisotopic (exact) mass is 231 g/mol. The molecule has 5 heteroatoms. The molecule has 94 valence electrons. The molecule has 0 aliphatic carbocycles. The van der Waals surface area contributed by atoms with Gasteiger partial charge in [-0.15, -0.1) is 0 Å². The van der Waals surface area contributed by atoms with Gasteiger partial charge in [0, 0.05) is 33.1 Å². The van der Waals surface area contributed by atoms with E-state index in [1.54, 1.807) is 7.11 Å². The molecule has 5 nitrogen and oxygen atoms in total. The van der Waals surface area contributed by atoms with Gasteiger partial charge in [-0.3, -0.25) is 9.59 Å². The first-order valence-electron chi connectivity index (χ1n) is 5.43. The Balaban J connectivity index is 4.08. The van der Waals surface area contributed by atoms with Crippen molar-refractivity contribution in [3.05, 3.63) is 0 Å². The summed E-state index contributed by atoms with van der Waals surface area (Å²) in [6.45, 7) is 4.07. The number of carbonyl (C=O) groups excluding carboxylic acids is 1. The molecule has 0 aliphatic rings. The van der Waals surface area contributed by atoms with Crippen LogP contribution in [0.3, 0.4) is 0 Å². The fraction of sp³-hybridized carbons (Fsp3) is 0.818. The largest absolute Gasteiger partial charge is 0.481 e. The van der Waals surface area contributed by atoms with Crippen LogP contribution in [0.5, 0.6) is 0 Å². The van der Waals surface area contributed by atoms with Gasteiger partial charge in [0.05, 0.1) is 0 Å². The Bertz CT molecular complexity index is 230. The summed E-state index contributed by atoms with van der Waals surface area (Å²) in [6, 6.07) is -0.0845. The molecule has 16 heavy (non-hydrogen) atoms. The maximum Gasteiger partial charge on any atom is 0.303 e. The molecule has 0 aliphatic heterocycles. The zero-order valence-corrected chi connectivity index (χ0v) is 10.2. The summed E-state index contributed by atoms with van der Waals surface area (Å²) in [4.78, 5) is 21.4.